The Kier molecular flexibility index (Phi) is 4.92. The largest absolute Gasteiger partial charge is 0.347 e. The van der Waals surface area contributed by atoms with Gasteiger partial charge in [0.25, 0.3) is 0 Å². The van der Waals surface area contributed by atoms with Gasteiger partial charge in [-0.15, -0.1) is 0 Å². The highest BCUT2D eigenvalue weighted by Crippen LogP contribution is 2.05. The van der Waals surface area contributed by atoms with Gasteiger partial charge in [0.15, 0.2) is 0 Å². The molecule has 0 bridgehead atoms. The minimum Gasteiger partial charge on any atom is -0.315 e. The molecule has 0 spiro atoms. The van der Waals surface area contributed by atoms with E-state index < -0.39 is 0 Å². The van der Waals surface area contributed by atoms with Gasteiger partial charge in [-0.1, -0.05) is 11.6 Å². The lowest BCUT2D eigenvalue weighted by molar-refractivity contribution is 0.577. The summed E-state index contributed by atoms with van der Waals surface area (Å²) in [5.41, 5.74) is 1.08. The van der Waals surface area contributed by atoms with Gasteiger partial charge in [0.05, 0.1) is 11.2 Å². The fraction of sp³-hybridized carbons (Fsp3) is 0.333. The van der Waals surface area contributed by atoms with Crippen molar-refractivity contribution in [2.75, 3.05) is 13.1 Å². The number of hydrogen-bond donors (Lipinski definition) is 1. The predicted molar refractivity (Wildman–Crippen MR) is 74.4 cm³/mol. The number of nitrogens with zero attached hydrogens (tertiary/aromatic N) is 2. The molecule has 0 radical (unpaired) electrons. The molecule has 6 heteroatoms. The third-order valence-corrected chi connectivity index (χ3v) is 3.45. The normalized spacial score (nSPS) is 10.7. The summed E-state index contributed by atoms with van der Waals surface area (Å²) >= 11 is 7.49. The van der Waals surface area contributed by atoms with Crippen molar-refractivity contribution in [1.29, 1.82) is 0 Å². The maximum absolute atomic E-state index is 11.4. The van der Waals surface area contributed by atoms with E-state index in [1.807, 2.05) is 0 Å². The topological polar surface area (TPSA) is 46.9 Å². The van der Waals surface area contributed by atoms with Crippen LogP contribution in [0.2, 0.25) is 5.02 Å². The molecule has 18 heavy (non-hydrogen) atoms. The standard InChI is InChI=1S/C12H14ClN3OS/c13-11-7-15-12(17)16(8-11)5-4-14-3-1-10-2-6-18-9-10/h2,6-9,14H,1,3-5H2. The lowest BCUT2D eigenvalue weighted by atomic mass is 10.2. The van der Waals surface area contributed by atoms with Gasteiger partial charge in [0.2, 0.25) is 0 Å². The van der Waals surface area contributed by atoms with E-state index in [1.54, 1.807) is 17.5 Å². The second kappa shape index (κ2) is 6.68. The Balaban J connectivity index is 1.72. The van der Waals surface area contributed by atoms with Crippen molar-refractivity contribution < 1.29 is 0 Å². The van der Waals surface area contributed by atoms with Crippen LogP contribution in [0.4, 0.5) is 0 Å². The highest BCUT2D eigenvalue weighted by Gasteiger charge is 1.98. The van der Waals surface area contributed by atoms with E-state index in [0.717, 1.165) is 19.5 Å². The fourth-order valence-corrected chi connectivity index (χ4v) is 2.45. The smallest absolute Gasteiger partial charge is 0.315 e. The summed E-state index contributed by atoms with van der Waals surface area (Å²) in [6, 6.07) is 2.12. The number of thiophene rings is 1. The zero-order valence-corrected chi connectivity index (χ0v) is 11.4. The zero-order valence-electron chi connectivity index (χ0n) is 9.80. The minimum atomic E-state index is -0.265. The SMILES string of the molecule is O=c1ncc(Cl)cn1CCNCCc1ccsc1. The molecule has 0 atom stereocenters. The number of nitrogens with one attached hydrogen (secondary N) is 1. The lowest BCUT2D eigenvalue weighted by Gasteiger charge is -2.06. The first-order valence-corrected chi connectivity index (χ1v) is 7.01. The molecule has 2 aromatic rings. The Morgan fingerprint density at radius 2 is 2.33 bits per heavy atom. The zero-order chi connectivity index (χ0) is 12.8. The summed E-state index contributed by atoms with van der Waals surface area (Å²) in [6.07, 6.45) is 3.98. The van der Waals surface area contributed by atoms with Crippen molar-refractivity contribution in [3.05, 3.63) is 50.3 Å². The van der Waals surface area contributed by atoms with Crippen molar-refractivity contribution in [3.8, 4) is 0 Å². The molecule has 2 heterocycles. The van der Waals surface area contributed by atoms with Gasteiger partial charge in [0.1, 0.15) is 0 Å². The first kappa shape index (κ1) is 13.3. The summed E-state index contributed by atoms with van der Waals surface area (Å²) in [7, 11) is 0. The number of rotatable bonds is 6. The van der Waals surface area contributed by atoms with E-state index in [0.29, 0.717) is 11.6 Å². The van der Waals surface area contributed by atoms with Crippen LogP contribution < -0.4 is 11.0 Å². The van der Waals surface area contributed by atoms with Gasteiger partial charge < -0.3 is 5.32 Å². The van der Waals surface area contributed by atoms with Gasteiger partial charge in [-0.05, 0) is 35.4 Å². The summed E-state index contributed by atoms with van der Waals surface area (Å²) < 4.78 is 1.51. The second-order valence-electron chi connectivity index (χ2n) is 3.88. The minimum absolute atomic E-state index is 0.265. The average Bonchev–Trinajstić information content (AvgIpc) is 2.86. The van der Waals surface area contributed by atoms with Crippen molar-refractivity contribution in [1.82, 2.24) is 14.9 Å². The van der Waals surface area contributed by atoms with Crippen molar-refractivity contribution in [2.45, 2.75) is 13.0 Å². The van der Waals surface area contributed by atoms with Crippen LogP contribution in [0.1, 0.15) is 5.56 Å². The Labute approximate surface area is 114 Å². The quantitative estimate of drug-likeness (QED) is 0.822. The van der Waals surface area contributed by atoms with Crippen LogP contribution in [0, 0.1) is 0 Å². The molecule has 0 amide bonds. The molecule has 0 saturated heterocycles. The van der Waals surface area contributed by atoms with E-state index in [1.165, 1.54) is 16.3 Å². The Hall–Kier alpha value is -1.17. The van der Waals surface area contributed by atoms with E-state index in [2.05, 4.69) is 27.1 Å². The number of aromatic nitrogens is 2. The molecule has 0 aliphatic heterocycles. The molecule has 1 N–H and O–H groups in total. The van der Waals surface area contributed by atoms with E-state index >= 15 is 0 Å². The summed E-state index contributed by atoms with van der Waals surface area (Å²) in [5.74, 6) is 0. The van der Waals surface area contributed by atoms with Gasteiger partial charge >= 0.3 is 5.69 Å². The van der Waals surface area contributed by atoms with Crippen molar-refractivity contribution in [2.24, 2.45) is 0 Å². The first-order valence-electron chi connectivity index (χ1n) is 5.69. The predicted octanol–water partition coefficient (Wildman–Crippen LogP) is 1.79. The van der Waals surface area contributed by atoms with Gasteiger partial charge in [-0.2, -0.15) is 11.3 Å². The summed E-state index contributed by atoms with van der Waals surface area (Å²) in [4.78, 5) is 15.1. The Bertz CT molecular complexity index is 539. The molecule has 0 aliphatic rings. The molecular weight excluding hydrogens is 270 g/mol. The maximum Gasteiger partial charge on any atom is 0.347 e. The van der Waals surface area contributed by atoms with Crippen LogP contribution in [0.15, 0.2) is 34.0 Å². The van der Waals surface area contributed by atoms with E-state index in [9.17, 15) is 4.79 Å². The number of hydrogen-bond acceptors (Lipinski definition) is 4. The van der Waals surface area contributed by atoms with Crippen molar-refractivity contribution in [3.63, 3.8) is 0 Å². The van der Waals surface area contributed by atoms with Crippen LogP contribution in [-0.4, -0.2) is 22.6 Å². The third kappa shape index (κ3) is 3.94. The Morgan fingerprint density at radius 1 is 1.44 bits per heavy atom. The molecule has 96 valence electrons. The lowest BCUT2D eigenvalue weighted by Crippen LogP contribution is -2.29. The van der Waals surface area contributed by atoms with Crippen LogP contribution in [0.3, 0.4) is 0 Å². The summed E-state index contributed by atoms with van der Waals surface area (Å²) in [5, 5.41) is 7.99. The first-order chi connectivity index (χ1) is 8.75. The molecule has 2 aromatic heterocycles. The van der Waals surface area contributed by atoms with E-state index in [-0.39, 0.29) is 5.69 Å². The van der Waals surface area contributed by atoms with Gasteiger partial charge in [0, 0.05) is 19.3 Å². The van der Waals surface area contributed by atoms with Crippen LogP contribution >= 0.6 is 22.9 Å². The molecule has 0 fully saturated rings. The molecule has 0 saturated carbocycles. The highest BCUT2D eigenvalue weighted by atomic mass is 35.5. The van der Waals surface area contributed by atoms with Crippen LogP contribution in [0.25, 0.3) is 0 Å². The maximum atomic E-state index is 11.4. The van der Waals surface area contributed by atoms with Crippen LogP contribution in [-0.2, 0) is 13.0 Å². The molecule has 2 rings (SSSR count). The molecular formula is C12H14ClN3OS. The number of halogens is 1. The molecule has 0 aromatic carbocycles. The average molecular weight is 284 g/mol. The Morgan fingerprint density at radius 3 is 3.11 bits per heavy atom. The molecule has 0 aliphatic carbocycles. The summed E-state index contributed by atoms with van der Waals surface area (Å²) in [6.45, 7) is 2.21. The fourth-order valence-electron chi connectivity index (χ4n) is 1.58. The monoisotopic (exact) mass is 283 g/mol. The van der Waals surface area contributed by atoms with Gasteiger partial charge in [-0.3, -0.25) is 4.57 Å². The molecule has 4 nitrogen and oxygen atoms in total. The van der Waals surface area contributed by atoms with Crippen LogP contribution in [0.5, 0.6) is 0 Å². The molecule has 0 unspecified atom stereocenters. The highest BCUT2D eigenvalue weighted by molar-refractivity contribution is 7.07. The second-order valence-corrected chi connectivity index (χ2v) is 5.10. The third-order valence-electron chi connectivity index (χ3n) is 2.52. The van der Waals surface area contributed by atoms with Crippen molar-refractivity contribution >= 4 is 22.9 Å². The van der Waals surface area contributed by atoms with E-state index in [4.69, 9.17) is 11.6 Å². The van der Waals surface area contributed by atoms with Gasteiger partial charge in [-0.25, -0.2) is 9.78 Å².